The van der Waals surface area contributed by atoms with Crippen molar-refractivity contribution in [3.8, 4) is 0 Å². The van der Waals surface area contributed by atoms with Gasteiger partial charge in [-0.1, -0.05) is 11.8 Å². The van der Waals surface area contributed by atoms with E-state index < -0.39 is 11.7 Å². The number of halogens is 3. The minimum atomic E-state index is -4.42. The van der Waals surface area contributed by atoms with E-state index in [-0.39, 0.29) is 5.82 Å². The van der Waals surface area contributed by atoms with E-state index in [0.717, 1.165) is 6.20 Å². The van der Waals surface area contributed by atoms with Crippen molar-refractivity contribution in [1.82, 2.24) is 9.97 Å². The predicted octanol–water partition coefficient (Wildman–Crippen LogP) is 2.65. The molecule has 0 aliphatic heterocycles. The molecule has 0 unspecified atom stereocenters. The molecular formula is C8H10F3N3S. The van der Waals surface area contributed by atoms with Gasteiger partial charge in [0, 0.05) is 12.7 Å². The Morgan fingerprint density at radius 1 is 1.47 bits per heavy atom. The van der Waals surface area contributed by atoms with Gasteiger partial charge in [0.15, 0.2) is 5.16 Å². The quantitative estimate of drug-likeness (QED) is 0.648. The van der Waals surface area contributed by atoms with E-state index in [9.17, 15) is 13.2 Å². The molecule has 0 spiro atoms. The molecule has 0 radical (unpaired) electrons. The predicted molar refractivity (Wildman–Crippen MR) is 53.0 cm³/mol. The van der Waals surface area contributed by atoms with E-state index >= 15 is 0 Å². The van der Waals surface area contributed by atoms with Crippen molar-refractivity contribution in [2.45, 2.75) is 18.3 Å². The van der Waals surface area contributed by atoms with E-state index in [1.807, 2.05) is 0 Å². The fourth-order valence-electron chi connectivity index (χ4n) is 0.974. The molecule has 1 aromatic rings. The maximum absolute atomic E-state index is 12.5. The van der Waals surface area contributed by atoms with Gasteiger partial charge < -0.3 is 5.32 Å². The molecule has 0 atom stereocenters. The van der Waals surface area contributed by atoms with Crippen molar-refractivity contribution in [2.24, 2.45) is 0 Å². The highest BCUT2D eigenvalue weighted by atomic mass is 32.2. The van der Waals surface area contributed by atoms with Crippen molar-refractivity contribution in [1.29, 1.82) is 0 Å². The van der Waals surface area contributed by atoms with Crippen LogP contribution >= 0.6 is 11.8 Å². The zero-order chi connectivity index (χ0) is 11.5. The fourth-order valence-corrected chi connectivity index (χ4v) is 1.31. The monoisotopic (exact) mass is 237 g/mol. The SMILES string of the molecule is CCNc1nc(SC)ncc1C(F)(F)F. The molecule has 1 heterocycles. The van der Waals surface area contributed by atoms with Crippen LogP contribution in [-0.2, 0) is 6.18 Å². The van der Waals surface area contributed by atoms with Crippen LogP contribution in [0.3, 0.4) is 0 Å². The third kappa shape index (κ3) is 2.98. The van der Waals surface area contributed by atoms with Crippen molar-refractivity contribution in [3.05, 3.63) is 11.8 Å². The molecule has 7 heteroatoms. The van der Waals surface area contributed by atoms with Crippen LogP contribution in [0, 0.1) is 0 Å². The van der Waals surface area contributed by atoms with Crippen molar-refractivity contribution >= 4 is 17.6 Å². The summed E-state index contributed by atoms with van der Waals surface area (Å²) in [5, 5.41) is 2.89. The van der Waals surface area contributed by atoms with Crippen molar-refractivity contribution in [2.75, 3.05) is 18.1 Å². The maximum atomic E-state index is 12.5. The minimum absolute atomic E-state index is 0.163. The standard InChI is InChI=1S/C8H10F3N3S/c1-3-12-6-5(8(9,10)11)4-13-7(14-6)15-2/h4H,3H2,1-2H3,(H,12,13,14). The number of hydrogen-bond acceptors (Lipinski definition) is 4. The van der Waals surface area contributed by atoms with E-state index in [2.05, 4.69) is 15.3 Å². The zero-order valence-corrected chi connectivity index (χ0v) is 9.04. The molecule has 0 fully saturated rings. The van der Waals surface area contributed by atoms with E-state index in [1.165, 1.54) is 11.8 Å². The van der Waals surface area contributed by atoms with Crippen LogP contribution in [0.4, 0.5) is 19.0 Å². The lowest BCUT2D eigenvalue weighted by Crippen LogP contribution is -2.13. The second kappa shape index (κ2) is 4.69. The molecule has 0 aliphatic carbocycles. The number of nitrogens with zero attached hydrogens (tertiary/aromatic N) is 2. The van der Waals surface area contributed by atoms with Gasteiger partial charge in [-0.15, -0.1) is 0 Å². The second-order valence-electron chi connectivity index (χ2n) is 2.65. The topological polar surface area (TPSA) is 37.8 Å². The number of anilines is 1. The average molecular weight is 237 g/mol. The van der Waals surface area contributed by atoms with Gasteiger partial charge in [0.25, 0.3) is 0 Å². The smallest absolute Gasteiger partial charge is 0.370 e. The first-order valence-electron chi connectivity index (χ1n) is 4.21. The number of aromatic nitrogens is 2. The van der Waals surface area contributed by atoms with Gasteiger partial charge in [0.1, 0.15) is 11.4 Å². The Balaban J connectivity index is 3.15. The summed E-state index contributed by atoms with van der Waals surface area (Å²) in [5.41, 5.74) is -0.831. The summed E-state index contributed by atoms with van der Waals surface area (Å²) in [6, 6.07) is 0. The second-order valence-corrected chi connectivity index (χ2v) is 3.42. The first-order chi connectivity index (χ1) is 6.99. The van der Waals surface area contributed by atoms with E-state index in [4.69, 9.17) is 0 Å². The number of nitrogens with one attached hydrogen (secondary N) is 1. The van der Waals surface area contributed by atoms with Gasteiger partial charge in [0.2, 0.25) is 0 Å². The molecule has 0 amide bonds. The Bertz CT molecular complexity index is 340. The van der Waals surface area contributed by atoms with Gasteiger partial charge in [-0.05, 0) is 13.2 Å². The highest BCUT2D eigenvalue weighted by molar-refractivity contribution is 7.98. The van der Waals surface area contributed by atoms with Crippen molar-refractivity contribution < 1.29 is 13.2 Å². The van der Waals surface area contributed by atoms with Gasteiger partial charge in [-0.2, -0.15) is 13.2 Å². The van der Waals surface area contributed by atoms with Gasteiger partial charge in [-0.3, -0.25) is 0 Å². The molecule has 15 heavy (non-hydrogen) atoms. The van der Waals surface area contributed by atoms with Gasteiger partial charge in [0.05, 0.1) is 0 Å². The van der Waals surface area contributed by atoms with Crippen molar-refractivity contribution in [3.63, 3.8) is 0 Å². The Morgan fingerprint density at radius 2 is 2.13 bits per heavy atom. The molecule has 1 rings (SSSR count). The molecule has 1 N–H and O–H groups in total. The molecule has 0 aromatic carbocycles. The highest BCUT2D eigenvalue weighted by Crippen LogP contribution is 2.33. The molecule has 84 valence electrons. The summed E-state index contributed by atoms with van der Waals surface area (Å²) in [6.07, 6.45) is -1.91. The van der Waals surface area contributed by atoms with Crippen LogP contribution in [0.5, 0.6) is 0 Å². The van der Waals surface area contributed by atoms with Crippen LogP contribution in [0.25, 0.3) is 0 Å². The Morgan fingerprint density at radius 3 is 2.60 bits per heavy atom. The third-order valence-electron chi connectivity index (χ3n) is 1.60. The van der Waals surface area contributed by atoms with Gasteiger partial charge >= 0.3 is 6.18 Å². The maximum Gasteiger partial charge on any atom is 0.421 e. The summed E-state index contributed by atoms with van der Waals surface area (Å²) in [6.45, 7) is 2.09. The first kappa shape index (κ1) is 12.1. The summed E-state index contributed by atoms with van der Waals surface area (Å²) in [4.78, 5) is 7.37. The third-order valence-corrected chi connectivity index (χ3v) is 2.16. The lowest BCUT2D eigenvalue weighted by Gasteiger charge is -2.12. The molecule has 0 saturated heterocycles. The van der Waals surface area contributed by atoms with Crippen LogP contribution in [0.1, 0.15) is 12.5 Å². The van der Waals surface area contributed by atoms with Crippen LogP contribution in [-0.4, -0.2) is 22.8 Å². The first-order valence-corrected chi connectivity index (χ1v) is 5.43. The summed E-state index contributed by atoms with van der Waals surface area (Å²) in [5.74, 6) is -0.163. The molecule has 0 saturated carbocycles. The highest BCUT2D eigenvalue weighted by Gasteiger charge is 2.35. The Kier molecular flexibility index (Phi) is 3.78. The Labute approximate surface area is 89.5 Å². The number of hydrogen-bond donors (Lipinski definition) is 1. The van der Waals surface area contributed by atoms with Crippen LogP contribution in [0.2, 0.25) is 0 Å². The molecule has 1 aromatic heterocycles. The zero-order valence-electron chi connectivity index (χ0n) is 8.22. The molecule has 3 nitrogen and oxygen atoms in total. The summed E-state index contributed by atoms with van der Waals surface area (Å²) >= 11 is 1.20. The van der Waals surface area contributed by atoms with Crippen LogP contribution < -0.4 is 5.32 Å². The summed E-state index contributed by atoms with van der Waals surface area (Å²) in [7, 11) is 0. The number of rotatable bonds is 3. The van der Waals surface area contributed by atoms with Gasteiger partial charge in [-0.25, -0.2) is 9.97 Å². The number of thioether (sulfide) groups is 1. The lowest BCUT2D eigenvalue weighted by molar-refractivity contribution is -0.137. The normalized spacial score (nSPS) is 11.5. The lowest BCUT2D eigenvalue weighted by atomic mass is 10.3. The fraction of sp³-hybridized carbons (Fsp3) is 0.500. The number of alkyl halides is 3. The largest absolute Gasteiger partial charge is 0.421 e. The summed E-state index contributed by atoms with van der Waals surface area (Å²) < 4.78 is 37.4. The molecule has 0 bridgehead atoms. The van der Waals surface area contributed by atoms with E-state index in [1.54, 1.807) is 13.2 Å². The van der Waals surface area contributed by atoms with E-state index in [0.29, 0.717) is 11.7 Å². The molecule has 0 aliphatic rings. The minimum Gasteiger partial charge on any atom is -0.370 e. The Hall–Kier alpha value is -0.980. The van der Waals surface area contributed by atoms with Crippen LogP contribution in [0.15, 0.2) is 11.4 Å². The average Bonchev–Trinajstić information content (AvgIpc) is 2.16. The molecular weight excluding hydrogens is 227 g/mol.